The van der Waals surface area contributed by atoms with E-state index in [-0.39, 0.29) is 0 Å². The SMILES string of the molecule is Cc1c[c]([Zr])c(C)[pH]1. The Bertz CT molecular complexity index is 171. The van der Waals surface area contributed by atoms with Crippen LogP contribution in [0, 0.1) is 13.8 Å². The molecule has 0 saturated heterocycles. The van der Waals surface area contributed by atoms with Crippen LogP contribution in [0.25, 0.3) is 0 Å². The summed E-state index contributed by atoms with van der Waals surface area (Å²) < 4.78 is 1.56. The molecule has 0 bridgehead atoms. The third kappa shape index (κ3) is 1.33. The molecule has 1 aromatic rings. The van der Waals surface area contributed by atoms with Gasteiger partial charge in [0.2, 0.25) is 0 Å². The molecule has 0 aromatic carbocycles. The van der Waals surface area contributed by atoms with Crippen LogP contribution < -0.4 is 3.27 Å². The molecule has 0 radical (unpaired) electrons. The number of rotatable bonds is 0. The van der Waals surface area contributed by atoms with Gasteiger partial charge in [0.15, 0.2) is 0 Å². The first-order valence-corrected chi connectivity index (χ1v) is 4.81. The fraction of sp³-hybridized carbons (Fsp3) is 0.333. The van der Waals surface area contributed by atoms with Crippen molar-refractivity contribution in [3.05, 3.63) is 16.7 Å². The second-order valence-corrected chi connectivity index (χ2v) is 5.10. The number of aryl methyl sites for hydroxylation is 2. The van der Waals surface area contributed by atoms with E-state index in [4.69, 9.17) is 0 Å². The fourth-order valence-corrected chi connectivity index (χ4v) is 3.09. The van der Waals surface area contributed by atoms with Gasteiger partial charge in [0.05, 0.1) is 0 Å². The van der Waals surface area contributed by atoms with E-state index in [0.29, 0.717) is 0 Å². The number of hydrogen-bond donors (Lipinski definition) is 0. The van der Waals surface area contributed by atoms with Crippen LogP contribution in [0.2, 0.25) is 0 Å². The molecule has 0 aliphatic heterocycles. The molecule has 1 rings (SSSR count). The van der Waals surface area contributed by atoms with Crippen molar-refractivity contribution < 1.29 is 24.7 Å². The summed E-state index contributed by atoms with van der Waals surface area (Å²) >= 11 is 1.57. The van der Waals surface area contributed by atoms with Gasteiger partial charge in [-0.3, -0.25) is 0 Å². The molecule has 0 nitrogen and oxygen atoms in total. The van der Waals surface area contributed by atoms with Gasteiger partial charge < -0.3 is 0 Å². The summed E-state index contributed by atoms with van der Waals surface area (Å²) in [6.07, 6.45) is 0. The quantitative estimate of drug-likeness (QED) is 0.598. The zero-order valence-corrected chi connectivity index (χ0v) is 8.54. The van der Waals surface area contributed by atoms with E-state index >= 15 is 0 Å². The molecule has 1 unspecified atom stereocenters. The molecule has 0 aliphatic carbocycles. The third-order valence-electron chi connectivity index (χ3n) is 1.15. The third-order valence-corrected chi connectivity index (χ3v) is 4.22. The first-order chi connectivity index (χ1) is 3.70. The van der Waals surface area contributed by atoms with Gasteiger partial charge in [0.25, 0.3) is 0 Å². The summed E-state index contributed by atoms with van der Waals surface area (Å²) in [5.41, 5.74) is 0. The predicted octanol–water partition coefficient (Wildman–Crippen LogP) is 1.51. The molecule has 41 valence electrons. The molecule has 2 heteroatoms. The average molecular weight is 202 g/mol. The molecular formula is C6H8PZr. The van der Waals surface area contributed by atoms with Crippen molar-refractivity contribution in [3.63, 3.8) is 0 Å². The molecule has 1 heterocycles. The zero-order valence-electron chi connectivity index (χ0n) is 5.08. The Morgan fingerprint density at radius 1 is 1.50 bits per heavy atom. The van der Waals surface area contributed by atoms with E-state index < -0.39 is 0 Å². The van der Waals surface area contributed by atoms with E-state index in [2.05, 4.69) is 19.9 Å². The number of hydrogen-bond acceptors (Lipinski definition) is 0. The Labute approximate surface area is 66.6 Å². The van der Waals surface area contributed by atoms with Crippen LogP contribution in [0.3, 0.4) is 0 Å². The minimum absolute atomic E-state index is 1.000. The fourth-order valence-electron chi connectivity index (χ4n) is 0.724. The van der Waals surface area contributed by atoms with Gasteiger partial charge in [-0.05, 0) is 0 Å². The molecule has 0 spiro atoms. The summed E-state index contributed by atoms with van der Waals surface area (Å²) in [6, 6.07) is 2.31. The van der Waals surface area contributed by atoms with Crippen LogP contribution in [0.4, 0.5) is 0 Å². The van der Waals surface area contributed by atoms with Crippen LogP contribution in [-0.4, -0.2) is 0 Å². The molecule has 0 aliphatic rings. The van der Waals surface area contributed by atoms with Crippen LogP contribution in [0.15, 0.2) is 6.07 Å². The Hall–Kier alpha value is 0.663. The first-order valence-electron chi connectivity index (χ1n) is 2.58. The molecule has 0 saturated carbocycles. The maximum absolute atomic E-state index is 2.31. The Kier molecular flexibility index (Phi) is 2.12. The summed E-state index contributed by atoms with van der Waals surface area (Å²) in [4.78, 5) is 0. The summed E-state index contributed by atoms with van der Waals surface area (Å²) in [7, 11) is 1.000. The Morgan fingerprint density at radius 3 is 2.25 bits per heavy atom. The molecular weight excluding hydrogens is 194 g/mol. The first kappa shape index (κ1) is 6.78. The van der Waals surface area contributed by atoms with Gasteiger partial charge in [-0.15, -0.1) is 0 Å². The van der Waals surface area contributed by atoms with Crippen molar-refractivity contribution in [2.75, 3.05) is 0 Å². The van der Waals surface area contributed by atoms with Crippen LogP contribution in [-0.2, 0) is 24.7 Å². The van der Waals surface area contributed by atoms with Gasteiger partial charge in [0, 0.05) is 0 Å². The molecule has 8 heavy (non-hydrogen) atoms. The van der Waals surface area contributed by atoms with Crippen molar-refractivity contribution in [2.45, 2.75) is 13.8 Å². The molecule has 0 fully saturated rings. The Balaban J connectivity index is 3.14. The van der Waals surface area contributed by atoms with E-state index in [0.717, 1.165) is 8.19 Å². The van der Waals surface area contributed by atoms with Crippen molar-refractivity contribution >= 4 is 11.5 Å². The minimum atomic E-state index is 1.000. The van der Waals surface area contributed by atoms with Crippen molar-refractivity contribution in [2.24, 2.45) is 0 Å². The Morgan fingerprint density at radius 2 is 2.12 bits per heavy atom. The summed E-state index contributed by atoms with van der Waals surface area (Å²) in [5, 5.41) is 3.15. The van der Waals surface area contributed by atoms with Gasteiger partial charge in [-0.1, -0.05) is 0 Å². The van der Waals surface area contributed by atoms with E-state index in [1.54, 1.807) is 38.6 Å². The zero-order chi connectivity index (χ0) is 6.15. The standard InChI is InChI=1S/C6H8P.Zr/c1-5-3-4-6(2)7-5;/h3,7H,1-2H3;. The van der Waals surface area contributed by atoms with Crippen molar-refractivity contribution in [3.8, 4) is 0 Å². The second-order valence-electron chi connectivity index (χ2n) is 1.99. The normalized spacial score (nSPS) is 10.6. The maximum atomic E-state index is 2.31. The van der Waals surface area contributed by atoms with E-state index in [1.165, 1.54) is 0 Å². The summed E-state index contributed by atoms with van der Waals surface area (Å²) in [6.45, 7) is 4.44. The van der Waals surface area contributed by atoms with Gasteiger partial charge in [-0.25, -0.2) is 0 Å². The molecule has 1 aromatic heterocycles. The average Bonchev–Trinajstić information content (AvgIpc) is 1.85. The van der Waals surface area contributed by atoms with E-state index in [9.17, 15) is 0 Å². The topological polar surface area (TPSA) is 0 Å². The molecule has 0 amide bonds. The van der Waals surface area contributed by atoms with Crippen LogP contribution in [0.1, 0.15) is 10.6 Å². The summed E-state index contributed by atoms with van der Waals surface area (Å²) in [5.74, 6) is 0. The van der Waals surface area contributed by atoms with Gasteiger partial charge in [-0.2, -0.15) is 0 Å². The van der Waals surface area contributed by atoms with Crippen LogP contribution >= 0.6 is 8.19 Å². The monoisotopic (exact) mass is 201 g/mol. The van der Waals surface area contributed by atoms with Gasteiger partial charge in [0.1, 0.15) is 0 Å². The van der Waals surface area contributed by atoms with Crippen molar-refractivity contribution in [1.29, 1.82) is 0 Å². The van der Waals surface area contributed by atoms with Crippen LogP contribution in [0.5, 0.6) is 0 Å². The van der Waals surface area contributed by atoms with Gasteiger partial charge >= 0.3 is 66.7 Å². The predicted molar refractivity (Wildman–Crippen MR) is 35.1 cm³/mol. The van der Waals surface area contributed by atoms with Crippen molar-refractivity contribution in [1.82, 2.24) is 0 Å². The van der Waals surface area contributed by atoms with E-state index in [1.807, 2.05) is 0 Å². The molecule has 0 N–H and O–H groups in total. The second kappa shape index (κ2) is 2.50. The molecule has 1 atom stereocenters.